The standard InChI is InChI=1S/C30H35F3O/c1-3-5-19-8-12-21(13-9-19)25-17-23-16-22-14-15-24(20-10-6-18(4-2)7-11-20)27(32)29(22)34-30(23)28(33)26(25)31/h4,14-15,17-21H,2-3,5-13,16H2,1H3. The van der Waals surface area contributed by atoms with E-state index in [-0.39, 0.29) is 23.3 Å². The van der Waals surface area contributed by atoms with Gasteiger partial charge in [0.15, 0.2) is 23.1 Å². The van der Waals surface area contributed by atoms with Gasteiger partial charge in [0.2, 0.25) is 5.82 Å². The highest BCUT2D eigenvalue weighted by Gasteiger charge is 2.33. The van der Waals surface area contributed by atoms with Crippen LogP contribution < -0.4 is 4.74 Å². The SMILES string of the molecule is C=CC1CCC(c2ccc3c(c2F)Oc2c(cc(C4CCC(CCC)CC4)c(F)c2F)C3)CC1. The first kappa shape index (κ1) is 23.5. The fourth-order valence-corrected chi connectivity index (χ4v) is 6.54. The van der Waals surface area contributed by atoms with E-state index in [0.717, 1.165) is 51.4 Å². The Kier molecular flexibility index (Phi) is 6.77. The van der Waals surface area contributed by atoms with Crippen LogP contribution in [0.3, 0.4) is 0 Å². The largest absolute Gasteiger partial charge is 0.450 e. The molecule has 0 bridgehead atoms. The van der Waals surface area contributed by atoms with Crippen molar-refractivity contribution in [2.45, 2.75) is 89.4 Å². The zero-order valence-corrected chi connectivity index (χ0v) is 20.1. The maximum Gasteiger partial charge on any atom is 0.201 e. The molecular formula is C30H35F3O. The van der Waals surface area contributed by atoms with Crippen LogP contribution in [0.15, 0.2) is 30.9 Å². The molecule has 0 amide bonds. The van der Waals surface area contributed by atoms with Crippen molar-refractivity contribution in [2.75, 3.05) is 0 Å². The van der Waals surface area contributed by atoms with Crippen LogP contribution in [0.4, 0.5) is 13.2 Å². The molecule has 2 fully saturated rings. The topological polar surface area (TPSA) is 9.23 Å². The van der Waals surface area contributed by atoms with Crippen molar-refractivity contribution in [3.8, 4) is 11.5 Å². The van der Waals surface area contributed by atoms with Crippen LogP contribution in [0.2, 0.25) is 0 Å². The molecule has 1 heterocycles. The lowest BCUT2D eigenvalue weighted by atomic mass is 9.76. The first-order valence-corrected chi connectivity index (χ1v) is 13.1. The molecule has 2 aromatic rings. The van der Waals surface area contributed by atoms with Crippen LogP contribution in [0.5, 0.6) is 11.5 Å². The number of benzene rings is 2. The summed E-state index contributed by atoms with van der Waals surface area (Å²) in [5.74, 6) is -0.910. The highest BCUT2D eigenvalue weighted by Crippen LogP contribution is 2.47. The zero-order chi connectivity index (χ0) is 23.8. The van der Waals surface area contributed by atoms with E-state index in [0.29, 0.717) is 40.5 Å². The fourth-order valence-electron chi connectivity index (χ4n) is 6.54. The summed E-state index contributed by atoms with van der Waals surface area (Å²) in [5.41, 5.74) is 2.42. The first-order chi connectivity index (χ1) is 16.5. The van der Waals surface area contributed by atoms with Gasteiger partial charge in [0, 0.05) is 17.5 Å². The quantitative estimate of drug-likeness (QED) is 0.339. The van der Waals surface area contributed by atoms with Gasteiger partial charge in [0.05, 0.1) is 0 Å². The van der Waals surface area contributed by atoms with Crippen molar-refractivity contribution in [1.82, 2.24) is 0 Å². The van der Waals surface area contributed by atoms with E-state index in [4.69, 9.17) is 4.74 Å². The van der Waals surface area contributed by atoms with Gasteiger partial charge in [0.25, 0.3) is 0 Å². The lowest BCUT2D eigenvalue weighted by Crippen LogP contribution is -2.17. The highest BCUT2D eigenvalue weighted by molar-refractivity contribution is 5.54. The Morgan fingerprint density at radius 1 is 0.824 bits per heavy atom. The molecule has 5 rings (SSSR count). The molecule has 1 aliphatic heterocycles. The number of hydrogen-bond acceptors (Lipinski definition) is 1. The molecule has 34 heavy (non-hydrogen) atoms. The molecule has 0 atom stereocenters. The van der Waals surface area contributed by atoms with Crippen LogP contribution in [-0.2, 0) is 6.42 Å². The molecule has 3 aliphatic rings. The third-order valence-corrected chi connectivity index (χ3v) is 8.59. The van der Waals surface area contributed by atoms with Crippen molar-refractivity contribution in [1.29, 1.82) is 0 Å². The molecule has 4 heteroatoms. The number of ether oxygens (including phenoxy) is 1. The molecule has 2 aromatic carbocycles. The van der Waals surface area contributed by atoms with E-state index in [1.807, 2.05) is 18.2 Å². The van der Waals surface area contributed by atoms with Gasteiger partial charge in [0.1, 0.15) is 0 Å². The molecule has 0 saturated heterocycles. The Bertz CT molecular complexity index is 1060. The Balaban J connectivity index is 1.39. The van der Waals surface area contributed by atoms with Crippen LogP contribution in [0.1, 0.15) is 105 Å². The number of halogens is 3. The number of hydrogen-bond donors (Lipinski definition) is 0. The summed E-state index contributed by atoms with van der Waals surface area (Å²) in [6.45, 7) is 6.08. The minimum absolute atomic E-state index is 0.0408. The Hall–Kier alpha value is -2.23. The van der Waals surface area contributed by atoms with Crippen molar-refractivity contribution in [3.63, 3.8) is 0 Å². The third-order valence-electron chi connectivity index (χ3n) is 8.59. The van der Waals surface area contributed by atoms with E-state index >= 15 is 13.2 Å². The van der Waals surface area contributed by atoms with Gasteiger partial charge >= 0.3 is 0 Å². The predicted octanol–water partition coefficient (Wildman–Crippen LogP) is 9.33. The average Bonchev–Trinajstić information content (AvgIpc) is 2.87. The normalized spacial score (nSPS) is 26.4. The molecule has 0 aromatic heterocycles. The lowest BCUT2D eigenvalue weighted by Gasteiger charge is -2.31. The average molecular weight is 469 g/mol. The summed E-state index contributed by atoms with van der Waals surface area (Å²) in [5, 5.41) is 0. The van der Waals surface area contributed by atoms with Gasteiger partial charge in [-0.2, -0.15) is 4.39 Å². The van der Waals surface area contributed by atoms with E-state index in [2.05, 4.69) is 13.5 Å². The molecule has 182 valence electrons. The molecule has 0 radical (unpaired) electrons. The summed E-state index contributed by atoms with van der Waals surface area (Å²) >= 11 is 0. The second kappa shape index (κ2) is 9.79. The number of allylic oxidation sites excluding steroid dienone is 1. The van der Waals surface area contributed by atoms with Crippen LogP contribution >= 0.6 is 0 Å². The second-order valence-electron chi connectivity index (χ2n) is 10.7. The van der Waals surface area contributed by atoms with Crippen LogP contribution in [-0.4, -0.2) is 0 Å². The van der Waals surface area contributed by atoms with Gasteiger partial charge in [-0.3, -0.25) is 0 Å². The predicted molar refractivity (Wildman–Crippen MR) is 130 cm³/mol. The van der Waals surface area contributed by atoms with Gasteiger partial charge in [-0.05, 0) is 92.2 Å². The van der Waals surface area contributed by atoms with E-state index in [1.165, 1.54) is 12.8 Å². The molecule has 2 aliphatic carbocycles. The molecule has 0 N–H and O–H groups in total. The first-order valence-electron chi connectivity index (χ1n) is 13.1. The van der Waals surface area contributed by atoms with Crippen LogP contribution in [0, 0.1) is 29.3 Å². The fraction of sp³-hybridized carbons (Fsp3) is 0.533. The molecule has 1 nitrogen and oxygen atoms in total. The van der Waals surface area contributed by atoms with Gasteiger partial charge < -0.3 is 4.74 Å². The Labute approximate surface area is 201 Å². The smallest absolute Gasteiger partial charge is 0.201 e. The minimum atomic E-state index is -0.967. The van der Waals surface area contributed by atoms with Crippen molar-refractivity contribution < 1.29 is 17.9 Å². The molecule has 0 spiro atoms. The van der Waals surface area contributed by atoms with Gasteiger partial charge in [-0.15, -0.1) is 6.58 Å². The Morgan fingerprint density at radius 3 is 2.15 bits per heavy atom. The van der Waals surface area contributed by atoms with Gasteiger partial charge in [-0.25, -0.2) is 8.78 Å². The zero-order valence-electron chi connectivity index (χ0n) is 20.1. The third kappa shape index (κ3) is 4.29. The second-order valence-corrected chi connectivity index (χ2v) is 10.7. The molecule has 2 saturated carbocycles. The summed E-state index contributed by atoms with van der Waals surface area (Å²) in [7, 11) is 0. The van der Waals surface area contributed by atoms with Crippen molar-refractivity contribution in [2.24, 2.45) is 11.8 Å². The van der Waals surface area contributed by atoms with Gasteiger partial charge in [-0.1, -0.05) is 38.0 Å². The van der Waals surface area contributed by atoms with E-state index < -0.39 is 17.5 Å². The maximum absolute atomic E-state index is 15.6. The van der Waals surface area contributed by atoms with E-state index in [9.17, 15) is 0 Å². The highest BCUT2D eigenvalue weighted by atomic mass is 19.2. The summed E-state index contributed by atoms with van der Waals surface area (Å²) in [6.07, 6.45) is 12.4. The number of rotatable bonds is 5. The van der Waals surface area contributed by atoms with Crippen molar-refractivity contribution >= 4 is 0 Å². The molecule has 0 unspecified atom stereocenters. The summed E-state index contributed by atoms with van der Waals surface area (Å²) < 4.78 is 51.7. The monoisotopic (exact) mass is 468 g/mol. The lowest BCUT2D eigenvalue weighted by molar-refractivity contribution is 0.301. The Morgan fingerprint density at radius 2 is 1.47 bits per heavy atom. The molecular weight excluding hydrogens is 433 g/mol. The summed E-state index contributed by atoms with van der Waals surface area (Å²) in [6, 6.07) is 5.56. The maximum atomic E-state index is 15.6. The summed E-state index contributed by atoms with van der Waals surface area (Å²) in [4.78, 5) is 0. The van der Waals surface area contributed by atoms with Crippen molar-refractivity contribution in [3.05, 3.63) is 70.6 Å². The van der Waals surface area contributed by atoms with E-state index in [1.54, 1.807) is 6.07 Å². The number of fused-ring (bicyclic) bond motifs is 2. The minimum Gasteiger partial charge on any atom is -0.450 e. The van der Waals surface area contributed by atoms with Crippen LogP contribution in [0.25, 0.3) is 0 Å².